The van der Waals surface area contributed by atoms with Gasteiger partial charge in [-0.1, -0.05) is 18.2 Å². The Morgan fingerprint density at radius 2 is 2.00 bits per heavy atom. The van der Waals surface area contributed by atoms with E-state index in [0.717, 1.165) is 56.6 Å². The minimum atomic E-state index is 0.300. The molecule has 5 heteroatoms. The van der Waals surface area contributed by atoms with E-state index < -0.39 is 0 Å². The molecule has 5 nitrogen and oxygen atoms in total. The summed E-state index contributed by atoms with van der Waals surface area (Å²) < 4.78 is 8.30. The third kappa shape index (κ3) is 3.47. The van der Waals surface area contributed by atoms with Gasteiger partial charge < -0.3 is 10.1 Å². The van der Waals surface area contributed by atoms with Crippen molar-refractivity contribution in [3.63, 3.8) is 0 Å². The van der Waals surface area contributed by atoms with Gasteiger partial charge in [0.25, 0.3) is 0 Å². The molecule has 2 aliphatic rings. The fourth-order valence-corrected chi connectivity index (χ4v) is 4.36. The lowest BCUT2D eigenvalue weighted by molar-refractivity contribution is 0.291. The molecule has 4 rings (SSSR count). The molecule has 0 amide bonds. The molecule has 136 valence electrons. The van der Waals surface area contributed by atoms with Crippen LogP contribution in [0.3, 0.4) is 0 Å². The topological polar surface area (TPSA) is 62.9 Å². The molecule has 1 aliphatic carbocycles. The maximum absolute atomic E-state index is 9.28. The Kier molecular flexibility index (Phi) is 5.21. The summed E-state index contributed by atoms with van der Waals surface area (Å²) in [5.74, 6) is 1.17. The summed E-state index contributed by atoms with van der Waals surface area (Å²) in [7, 11) is 0. The number of aromatic nitrogens is 2. The van der Waals surface area contributed by atoms with Crippen molar-refractivity contribution in [3.05, 3.63) is 47.3 Å². The van der Waals surface area contributed by atoms with Crippen molar-refractivity contribution in [2.75, 3.05) is 13.1 Å². The fourth-order valence-electron chi connectivity index (χ4n) is 4.36. The zero-order valence-corrected chi connectivity index (χ0v) is 15.2. The van der Waals surface area contributed by atoms with Gasteiger partial charge in [0.15, 0.2) is 0 Å². The largest absolute Gasteiger partial charge is 0.487 e. The highest BCUT2D eigenvalue weighted by molar-refractivity contribution is 5.34. The lowest BCUT2D eigenvalue weighted by atomic mass is 9.83. The Balaban J connectivity index is 1.65. The van der Waals surface area contributed by atoms with Crippen LogP contribution < -0.4 is 10.1 Å². The number of nitriles is 1. The molecule has 1 aliphatic heterocycles. The molecule has 1 fully saturated rings. The molecule has 2 heterocycles. The third-order valence-corrected chi connectivity index (χ3v) is 5.61. The quantitative estimate of drug-likeness (QED) is 0.893. The van der Waals surface area contributed by atoms with Gasteiger partial charge in [-0.2, -0.15) is 10.4 Å². The highest BCUT2D eigenvalue weighted by Gasteiger charge is 2.31. The Hall–Kier alpha value is -2.32. The Morgan fingerprint density at radius 1 is 1.19 bits per heavy atom. The van der Waals surface area contributed by atoms with E-state index in [9.17, 15) is 5.26 Å². The highest BCUT2D eigenvalue weighted by atomic mass is 16.5. The minimum absolute atomic E-state index is 0.300. The molecule has 0 saturated carbocycles. The SMILES string of the molecule is N#CCC1CCCc2c1c(COc1ccccc1)nn2C1CCNCC1. The molecular weight excluding hydrogens is 324 g/mol. The molecule has 1 aromatic heterocycles. The number of benzene rings is 1. The standard InChI is InChI=1S/C21H26N4O/c22-12-9-16-5-4-8-20-21(16)19(15-26-18-6-2-1-3-7-18)24-25(20)17-10-13-23-14-11-17/h1-3,6-7,16-17,23H,4-5,8-11,13-15H2. The molecule has 1 saturated heterocycles. The normalized spacial score (nSPS) is 20.3. The summed E-state index contributed by atoms with van der Waals surface area (Å²) in [5.41, 5.74) is 3.68. The number of nitrogens with one attached hydrogen (secondary N) is 1. The van der Waals surface area contributed by atoms with Crippen LogP contribution in [0.15, 0.2) is 30.3 Å². The molecule has 0 bridgehead atoms. The minimum Gasteiger partial charge on any atom is -0.487 e. The van der Waals surface area contributed by atoms with Crippen molar-refractivity contribution in [2.24, 2.45) is 0 Å². The van der Waals surface area contributed by atoms with Crippen LogP contribution in [0, 0.1) is 11.3 Å². The number of hydrogen-bond acceptors (Lipinski definition) is 4. The first kappa shape index (κ1) is 17.1. The molecule has 0 radical (unpaired) electrons. The molecule has 0 spiro atoms. The first-order valence-corrected chi connectivity index (χ1v) is 9.72. The van der Waals surface area contributed by atoms with Gasteiger partial charge in [0, 0.05) is 23.6 Å². The van der Waals surface area contributed by atoms with Gasteiger partial charge >= 0.3 is 0 Å². The van der Waals surface area contributed by atoms with Crippen LogP contribution in [0.4, 0.5) is 0 Å². The lowest BCUT2D eigenvalue weighted by Crippen LogP contribution is -2.31. The molecule has 1 atom stereocenters. The number of para-hydroxylation sites is 1. The second-order valence-electron chi connectivity index (χ2n) is 7.29. The number of piperidine rings is 1. The van der Waals surface area contributed by atoms with Gasteiger partial charge in [-0.15, -0.1) is 0 Å². The van der Waals surface area contributed by atoms with Crippen LogP contribution in [-0.4, -0.2) is 22.9 Å². The monoisotopic (exact) mass is 350 g/mol. The van der Waals surface area contributed by atoms with E-state index >= 15 is 0 Å². The average molecular weight is 350 g/mol. The average Bonchev–Trinajstić information content (AvgIpc) is 3.08. The van der Waals surface area contributed by atoms with E-state index in [1.165, 1.54) is 11.3 Å². The number of hydrogen-bond donors (Lipinski definition) is 1. The van der Waals surface area contributed by atoms with Crippen molar-refractivity contribution >= 4 is 0 Å². The van der Waals surface area contributed by atoms with Crippen molar-refractivity contribution < 1.29 is 4.74 Å². The number of rotatable bonds is 5. The maximum Gasteiger partial charge on any atom is 0.132 e. The molecule has 1 unspecified atom stereocenters. The van der Waals surface area contributed by atoms with Crippen molar-refractivity contribution in [1.82, 2.24) is 15.1 Å². The van der Waals surface area contributed by atoms with Crippen molar-refractivity contribution in [2.45, 2.75) is 57.1 Å². The summed E-state index contributed by atoms with van der Waals surface area (Å²) in [4.78, 5) is 0. The molecular formula is C21H26N4O. The zero-order valence-electron chi connectivity index (χ0n) is 15.2. The molecule has 1 aromatic carbocycles. The van der Waals surface area contributed by atoms with Crippen LogP contribution in [0.5, 0.6) is 5.75 Å². The van der Waals surface area contributed by atoms with Crippen molar-refractivity contribution in [1.29, 1.82) is 5.26 Å². The first-order valence-electron chi connectivity index (χ1n) is 9.72. The van der Waals surface area contributed by atoms with Gasteiger partial charge in [-0.3, -0.25) is 4.68 Å². The van der Waals surface area contributed by atoms with E-state index in [-0.39, 0.29) is 0 Å². The first-order chi connectivity index (χ1) is 12.9. The summed E-state index contributed by atoms with van der Waals surface area (Å²) >= 11 is 0. The van der Waals surface area contributed by atoms with Gasteiger partial charge in [0.2, 0.25) is 0 Å². The second kappa shape index (κ2) is 7.92. The van der Waals surface area contributed by atoms with E-state index in [4.69, 9.17) is 9.84 Å². The summed E-state index contributed by atoms with van der Waals surface area (Å²) in [6.45, 7) is 2.58. The van der Waals surface area contributed by atoms with Crippen LogP contribution in [-0.2, 0) is 13.0 Å². The Labute approximate surface area is 155 Å². The Morgan fingerprint density at radius 3 is 2.77 bits per heavy atom. The van der Waals surface area contributed by atoms with Gasteiger partial charge in [-0.05, 0) is 57.3 Å². The van der Waals surface area contributed by atoms with Crippen LogP contribution in [0.2, 0.25) is 0 Å². The third-order valence-electron chi connectivity index (χ3n) is 5.61. The lowest BCUT2D eigenvalue weighted by Gasteiger charge is -2.27. The van der Waals surface area contributed by atoms with E-state index in [1.54, 1.807) is 0 Å². The molecule has 1 N–H and O–H groups in total. The summed E-state index contributed by atoms with van der Waals surface area (Å²) in [5, 5.41) is 17.7. The van der Waals surface area contributed by atoms with E-state index in [2.05, 4.69) is 16.1 Å². The second-order valence-corrected chi connectivity index (χ2v) is 7.29. The predicted octanol–water partition coefficient (Wildman–Crippen LogP) is 3.72. The maximum atomic E-state index is 9.28. The van der Waals surface area contributed by atoms with Gasteiger partial charge in [0.05, 0.1) is 12.1 Å². The zero-order chi connectivity index (χ0) is 17.8. The number of ether oxygens (including phenoxy) is 1. The van der Waals surface area contributed by atoms with Crippen LogP contribution in [0.1, 0.15) is 61.0 Å². The van der Waals surface area contributed by atoms with Crippen molar-refractivity contribution in [3.8, 4) is 11.8 Å². The fraction of sp³-hybridized carbons (Fsp3) is 0.524. The summed E-state index contributed by atoms with van der Waals surface area (Å²) in [6.07, 6.45) is 6.11. The van der Waals surface area contributed by atoms with Crippen LogP contribution >= 0.6 is 0 Å². The summed E-state index contributed by atoms with van der Waals surface area (Å²) in [6, 6.07) is 12.8. The molecule has 2 aromatic rings. The van der Waals surface area contributed by atoms with Gasteiger partial charge in [-0.25, -0.2) is 0 Å². The number of fused-ring (bicyclic) bond motifs is 1. The van der Waals surface area contributed by atoms with Gasteiger partial charge in [0.1, 0.15) is 18.1 Å². The predicted molar refractivity (Wildman–Crippen MR) is 100 cm³/mol. The Bertz CT molecular complexity index is 771. The van der Waals surface area contributed by atoms with E-state index in [1.807, 2.05) is 30.3 Å². The van der Waals surface area contributed by atoms with Crippen LogP contribution in [0.25, 0.3) is 0 Å². The smallest absolute Gasteiger partial charge is 0.132 e. The number of nitrogens with zero attached hydrogens (tertiary/aromatic N) is 3. The highest BCUT2D eigenvalue weighted by Crippen LogP contribution is 2.38. The molecule has 26 heavy (non-hydrogen) atoms. The van der Waals surface area contributed by atoms with E-state index in [0.29, 0.717) is 25.0 Å².